The molecule has 71 valence electrons. The minimum atomic E-state index is 0.680. The lowest BCUT2D eigenvalue weighted by Gasteiger charge is -2.06. The van der Waals surface area contributed by atoms with Gasteiger partial charge in [0.2, 0.25) is 0 Å². The summed E-state index contributed by atoms with van der Waals surface area (Å²) in [6, 6.07) is 5.52. The van der Waals surface area contributed by atoms with Gasteiger partial charge in [-0.05, 0) is 37.1 Å². The highest BCUT2D eigenvalue weighted by atomic mass is 35.5. The number of hydrogen-bond acceptors (Lipinski definition) is 1. The van der Waals surface area contributed by atoms with Crippen molar-refractivity contribution in [1.29, 1.82) is 0 Å². The van der Waals surface area contributed by atoms with Crippen molar-refractivity contribution in [1.82, 2.24) is 0 Å². The maximum absolute atomic E-state index is 5.84. The summed E-state index contributed by atoms with van der Waals surface area (Å²) in [6.07, 6.45) is 2.21. The number of ether oxygens (including phenoxy) is 1. The first-order valence-corrected chi connectivity index (χ1v) is 4.85. The largest absolute Gasteiger partial charge is 0.494 e. The average Bonchev–Trinajstić information content (AvgIpc) is 2.03. The van der Waals surface area contributed by atoms with Crippen molar-refractivity contribution < 1.29 is 4.74 Å². The van der Waals surface area contributed by atoms with Crippen molar-refractivity contribution in [2.45, 2.75) is 19.8 Å². The number of benzene rings is 1. The Hall–Kier alpha value is -0.690. The fraction of sp³-hybridized carbons (Fsp3) is 0.364. The fourth-order valence-electron chi connectivity index (χ4n) is 1.04. The van der Waals surface area contributed by atoms with Gasteiger partial charge in [-0.1, -0.05) is 24.9 Å². The first kappa shape index (κ1) is 10.4. The Morgan fingerprint density at radius 2 is 2.15 bits per heavy atom. The van der Waals surface area contributed by atoms with Crippen LogP contribution < -0.4 is 4.74 Å². The van der Waals surface area contributed by atoms with Gasteiger partial charge in [0.15, 0.2) is 0 Å². The second-order valence-electron chi connectivity index (χ2n) is 3.00. The summed E-state index contributed by atoms with van der Waals surface area (Å²) in [4.78, 5) is 0. The molecular weight excluding hydrogens is 184 g/mol. The van der Waals surface area contributed by atoms with Crippen LogP contribution >= 0.6 is 11.6 Å². The summed E-state index contributed by atoms with van der Waals surface area (Å²) in [5, 5.41) is 0.680. The first-order chi connectivity index (χ1) is 6.22. The molecule has 0 N–H and O–H groups in total. The van der Waals surface area contributed by atoms with Crippen LogP contribution in [0.15, 0.2) is 18.2 Å². The first-order valence-electron chi connectivity index (χ1n) is 4.47. The van der Waals surface area contributed by atoms with Gasteiger partial charge in [0.25, 0.3) is 0 Å². The molecule has 0 aliphatic heterocycles. The van der Waals surface area contributed by atoms with Crippen molar-refractivity contribution in [2.24, 2.45) is 0 Å². The number of hydrogen-bond donors (Lipinski definition) is 0. The van der Waals surface area contributed by atoms with Crippen molar-refractivity contribution >= 4 is 11.6 Å². The van der Waals surface area contributed by atoms with Crippen LogP contribution in [0.25, 0.3) is 0 Å². The summed E-state index contributed by atoms with van der Waals surface area (Å²) in [6.45, 7) is 6.69. The summed E-state index contributed by atoms with van der Waals surface area (Å²) in [7, 11) is 0. The smallest absolute Gasteiger partial charge is 0.121 e. The van der Waals surface area contributed by atoms with Gasteiger partial charge in [-0.2, -0.15) is 0 Å². The van der Waals surface area contributed by atoms with E-state index in [1.54, 1.807) is 0 Å². The Kier molecular flexibility index (Phi) is 4.10. The predicted octanol–water partition coefficient (Wildman–Crippen LogP) is 3.70. The maximum atomic E-state index is 5.84. The van der Waals surface area contributed by atoms with Crippen LogP contribution in [0.1, 0.15) is 25.3 Å². The van der Waals surface area contributed by atoms with E-state index in [1.807, 2.05) is 18.2 Å². The third-order valence-electron chi connectivity index (χ3n) is 1.70. The monoisotopic (exact) mass is 197 g/mol. The second-order valence-corrected chi connectivity index (χ2v) is 3.43. The van der Waals surface area contributed by atoms with E-state index in [9.17, 15) is 0 Å². The standard InChI is InChI=1S/C11H14ClO/c1-3-4-5-13-11-7-9(2)6-10(12)8-11/h6-8H,2-5H2,1H3. The molecule has 0 saturated carbocycles. The Bertz CT molecular complexity index is 251. The third-order valence-corrected chi connectivity index (χ3v) is 1.92. The van der Waals surface area contributed by atoms with E-state index in [1.165, 1.54) is 0 Å². The molecule has 1 radical (unpaired) electrons. The molecule has 0 aliphatic carbocycles. The van der Waals surface area contributed by atoms with Gasteiger partial charge >= 0.3 is 0 Å². The van der Waals surface area contributed by atoms with Crippen molar-refractivity contribution in [3.8, 4) is 5.75 Å². The topological polar surface area (TPSA) is 9.23 Å². The Morgan fingerprint density at radius 1 is 1.38 bits per heavy atom. The van der Waals surface area contributed by atoms with Crippen LogP contribution in [-0.4, -0.2) is 6.61 Å². The van der Waals surface area contributed by atoms with Gasteiger partial charge in [0.1, 0.15) is 5.75 Å². The molecule has 0 spiro atoms. The van der Waals surface area contributed by atoms with Crippen LogP contribution in [0.4, 0.5) is 0 Å². The van der Waals surface area contributed by atoms with Crippen LogP contribution in [0.5, 0.6) is 5.75 Å². The molecule has 0 aromatic heterocycles. The van der Waals surface area contributed by atoms with E-state index < -0.39 is 0 Å². The van der Waals surface area contributed by atoms with Crippen molar-refractivity contribution in [3.05, 3.63) is 35.7 Å². The van der Waals surface area contributed by atoms with Crippen LogP contribution in [0.3, 0.4) is 0 Å². The minimum absolute atomic E-state index is 0.680. The van der Waals surface area contributed by atoms with Crippen LogP contribution in [0, 0.1) is 6.92 Å². The molecule has 0 saturated heterocycles. The fourth-order valence-corrected chi connectivity index (χ4v) is 1.29. The summed E-state index contributed by atoms with van der Waals surface area (Å²) in [5.74, 6) is 0.811. The quantitative estimate of drug-likeness (QED) is 0.669. The number of halogens is 1. The van der Waals surface area contributed by atoms with E-state index in [4.69, 9.17) is 16.3 Å². The molecule has 1 aromatic rings. The second kappa shape index (κ2) is 5.13. The van der Waals surface area contributed by atoms with Crippen LogP contribution in [-0.2, 0) is 0 Å². The van der Waals surface area contributed by atoms with Gasteiger partial charge in [0.05, 0.1) is 6.61 Å². The van der Waals surface area contributed by atoms with Gasteiger partial charge in [-0.3, -0.25) is 0 Å². The zero-order valence-corrected chi connectivity index (χ0v) is 8.60. The molecule has 0 fully saturated rings. The van der Waals surface area contributed by atoms with E-state index >= 15 is 0 Å². The molecule has 0 atom stereocenters. The van der Waals surface area contributed by atoms with Gasteiger partial charge in [0, 0.05) is 5.02 Å². The Labute approximate surface area is 84.7 Å². The van der Waals surface area contributed by atoms with Crippen LogP contribution in [0.2, 0.25) is 5.02 Å². The molecule has 0 amide bonds. The van der Waals surface area contributed by atoms with E-state index in [-0.39, 0.29) is 0 Å². The molecule has 1 rings (SSSR count). The predicted molar refractivity (Wildman–Crippen MR) is 56.3 cm³/mol. The van der Waals surface area contributed by atoms with Gasteiger partial charge in [-0.15, -0.1) is 0 Å². The Morgan fingerprint density at radius 3 is 2.77 bits per heavy atom. The lowest BCUT2D eigenvalue weighted by molar-refractivity contribution is 0.309. The third kappa shape index (κ3) is 3.69. The number of rotatable bonds is 4. The normalized spacial score (nSPS) is 10.1. The molecule has 0 aliphatic rings. The highest BCUT2D eigenvalue weighted by Gasteiger charge is 1.96. The minimum Gasteiger partial charge on any atom is -0.494 e. The van der Waals surface area contributed by atoms with Crippen molar-refractivity contribution in [2.75, 3.05) is 6.61 Å². The SMILES string of the molecule is [CH2]c1cc(Cl)cc(OCCCC)c1. The lowest BCUT2D eigenvalue weighted by atomic mass is 10.2. The lowest BCUT2D eigenvalue weighted by Crippen LogP contribution is -1.96. The highest BCUT2D eigenvalue weighted by molar-refractivity contribution is 6.30. The molecule has 2 heteroatoms. The number of unbranched alkanes of at least 4 members (excludes halogenated alkanes) is 1. The molecule has 0 heterocycles. The molecule has 13 heavy (non-hydrogen) atoms. The van der Waals surface area contributed by atoms with E-state index in [2.05, 4.69) is 13.8 Å². The highest BCUT2D eigenvalue weighted by Crippen LogP contribution is 2.20. The van der Waals surface area contributed by atoms with Crippen molar-refractivity contribution in [3.63, 3.8) is 0 Å². The maximum Gasteiger partial charge on any atom is 0.121 e. The molecule has 1 aromatic carbocycles. The van der Waals surface area contributed by atoms with E-state index in [0.29, 0.717) is 5.02 Å². The van der Waals surface area contributed by atoms with Gasteiger partial charge in [-0.25, -0.2) is 0 Å². The summed E-state index contributed by atoms with van der Waals surface area (Å²) in [5.41, 5.74) is 0.888. The summed E-state index contributed by atoms with van der Waals surface area (Å²) >= 11 is 5.84. The Balaban J connectivity index is 2.56. The molecule has 0 bridgehead atoms. The van der Waals surface area contributed by atoms with E-state index in [0.717, 1.165) is 30.8 Å². The molecule has 1 nitrogen and oxygen atoms in total. The van der Waals surface area contributed by atoms with Gasteiger partial charge < -0.3 is 4.74 Å². The zero-order chi connectivity index (χ0) is 9.68. The summed E-state index contributed by atoms with van der Waals surface area (Å²) < 4.78 is 5.48. The molecule has 0 unspecified atom stereocenters. The average molecular weight is 198 g/mol. The molecular formula is C11H14ClO. The zero-order valence-electron chi connectivity index (χ0n) is 7.85.